The van der Waals surface area contributed by atoms with Crippen LogP contribution in [0.5, 0.6) is 5.75 Å². The monoisotopic (exact) mass is 265 g/mol. The van der Waals surface area contributed by atoms with E-state index in [4.69, 9.17) is 9.84 Å². The van der Waals surface area contributed by atoms with Gasteiger partial charge in [0.15, 0.2) is 0 Å². The third-order valence-corrected chi connectivity index (χ3v) is 3.54. The SMILES string of the molecule is COc1ccc(CCN(C)CCC(=O)O)c(C)c1C. The van der Waals surface area contributed by atoms with Gasteiger partial charge >= 0.3 is 5.97 Å². The highest BCUT2D eigenvalue weighted by Crippen LogP contribution is 2.24. The predicted octanol–water partition coefficient (Wildman–Crippen LogP) is 2.26. The molecule has 0 atom stereocenters. The van der Waals surface area contributed by atoms with Crippen LogP contribution in [0.4, 0.5) is 0 Å². The van der Waals surface area contributed by atoms with Crippen LogP contribution in [0.1, 0.15) is 23.1 Å². The van der Waals surface area contributed by atoms with Crippen LogP contribution in [-0.4, -0.2) is 43.2 Å². The second-order valence-corrected chi connectivity index (χ2v) is 4.87. The van der Waals surface area contributed by atoms with Gasteiger partial charge in [0, 0.05) is 13.1 Å². The van der Waals surface area contributed by atoms with E-state index < -0.39 is 5.97 Å². The summed E-state index contributed by atoms with van der Waals surface area (Å²) in [4.78, 5) is 12.6. The van der Waals surface area contributed by atoms with Crippen molar-refractivity contribution in [3.05, 3.63) is 28.8 Å². The number of carboxylic acid groups (broad SMARTS) is 1. The minimum absolute atomic E-state index is 0.192. The molecule has 1 rings (SSSR count). The van der Waals surface area contributed by atoms with Crippen molar-refractivity contribution in [1.29, 1.82) is 0 Å². The lowest BCUT2D eigenvalue weighted by Gasteiger charge is -2.17. The Hall–Kier alpha value is -1.55. The van der Waals surface area contributed by atoms with E-state index in [0.717, 1.165) is 18.7 Å². The molecule has 0 aromatic heterocycles. The predicted molar refractivity (Wildman–Crippen MR) is 75.9 cm³/mol. The van der Waals surface area contributed by atoms with E-state index in [1.165, 1.54) is 16.7 Å². The van der Waals surface area contributed by atoms with Crippen LogP contribution in [-0.2, 0) is 11.2 Å². The van der Waals surface area contributed by atoms with Crippen LogP contribution in [0.3, 0.4) is 0 Å². The zero-order valence-electron chi connectivity index (χ0n) is 12.2. The minimum atomic E-state index is -0.747. The van der Waals surface area contributed by atoms with Crippen LogP contribution in [0, 0.1) is 13.8 Å². The van der Waals surface area contributed by atoms with Gasteiger partial charge in [-0.3, -0.25) is 4.79 Å². The molecule has 0 aliphatic carbocycles. The largest absolute Gasteiger partial charge is 0.496 e. The molecule has 0 saturated heterocycles. The van der Waals surface area contributed by atoms with E-state index in [2.05, 4.69) is 19.9 Å². The molecule has 0 radical (unpaired) electrons. The molecule has 106 valence electrons. The molecule has 0 saturated carbocycles. The Bertz CT molecular complexity index is 443. The summed E-state index contributed by atoms with van der Waals surface area (Å²) in [5, 5.41) is 8.65. The van der Waals surface area contributed by atoms with Crippen LogP contribution < -0.4 is 4.74 Å². The Balaban J connectivity index is 2.58. The molecule has 0 aliphatic heterocycles. The van der Waals surface area contributed by atoms with Gasteiger partial charge in [0.05, 0.1) is 13.5 Å². The van der Waals surface area contributed by atoms with Crippen molar-refractivity contribution in [3.63, 3.8) is 0 Å². The highest BCUT2D eigenvalue weighted by molar-refractivity contribution is 5.66. The van der Waals surface area contributed by atoms with Crippen LogP contribution in [0.2, 0.25) is 0 Å². The minimum Gasteiger partial charge on any atom is -0.496 e. The topological polar surface area (TPSA) is 49.8 Å². The van der Waals surface area contributed by atoms with Gasteiger partial charge in [-0.15, -0.1) is 0 Å². The van der Waals surface area contributed by atoms with Crippen LogP contribution >= 0.6 is 0 Å². The molecule has 0 fully saturated rings. The Morgan fingerprint density at radius 1 is 1.26 bits per heavy atom. The molecule has 1 aromatic rings. The van der Waals surface area contributed by atoms with Gasteiger partial charge in [-0.2, -0.15) is 0 Å². The maximum absolute atomic E-state index is 10.5. The van der Waals surface area contributed by atoms with Crippen molar-refractivity contribution in [1.82, 2.24) is 4.90 Å². The maximum Gasteiger partial charge on any atom is 0.304 e. The van der Waals surface area contributed by atoms with Crippen molar-refractivity contribution in [2.24, 2.45) is 0 Å². The van der Waals surface area contributed by atoms with Crippen molar-refractivity contribution in [2.45, 2.75) is 26.7 Å². The normalized spacial score (nSPS) is 10.8. The van der Waals surface area contributed by atoms with Gasteiger partial charge in [-0.05, 0) is 50.1 Å². The Labute approximate surface area is 115 Å². The van der Waals surface area contributed by atoms with E-state index in [0.29, 0.717) is 6.54 Å². The number of ether oxygens (including phenoxy) is 1. The van der Waals surface area contributed by atoms with Crippen LogP contribution in [0.25, 0.3) is 0 Å². The maximum atomic E-state index is 10.5. The number of carbonyl (C=O) groups is 1. The first kappa shape index (κ1) is 15.5. The van der Waals surface area contributed by atoms with Gasteiger partial charge in [0.1, 0.15) is 5.75 Å². The van der Waals surface area contributed by atoms with Gasteiger partial charge < -0.3 is 14.7 Å². The fourth-order valence-electron chi connectivity index (χ4n) is 2.05. The van der Waals surface area contributed by atoms with Gasteiger partial charge in [0.25, 0.3) is 0 Å². The molecule has 1 N–H and O–H groups in total. The first-order valence-corrected chi connectivity index (χ1v) is 6.49. The van der Waals surface area contributed by atoms with E-state index in [1.54, 1.807) is 7.11 Å². The molecule has 0 unspecified atom stereocenters. The van der Waals surface area contributed by atoms with Crippen molar-refractivity contribution < 1.29 is 14.6 Å². The zero-order chi connectivity index (χ0) is 14.4. The number of carboxylic acids is 1. The van der Waals surface area contributed by atoms with Crippen molar-refractivity contribution in [2.75, 3.05) is 27.2 Å². The number of methoxy groups -OCH3 is 1. The first-order valence-electron chi connectivity index (χ1n) is 6.49. The summed E-state index contributed by atoms with van der Waals surface area (Å²) in [5.41, 5.74) is 3.72. The number of nitrogens with zero attached hydrogens (tertiary/aromatic N) is 1. The molecule has 19 heavy (non-hydrogen) atoms. The van der Waals surface area contributed by atoms with E-state index in [1.807, 2.05) is 18.0 Å². The van der Waals surface area contributed by atoms with Gasteiger partial charge in [-0.1, -0.05) is 6.07 Å². The quantitative estimate of drug-likeness (QED) is 0.821. The number of aliphatic carboxylic acids is 1. The number of hydrogen-bond acceptors (Lipinski definition) is 3. The highest BCUT2D eigenvalue weighted by Gasteiger charge is 2.08. The molecule has 0 spiro atoms. The lowest BCUT2D eigenvalue weighted by Crippen LogP contribution is -2.24. The molecule has 0 aliphatic rings. The third-order valence-electron chi connectivity index (χ3n) is 3.54. The summed E-state index contributed by atoms with van der Waals surface area (Å²) in [5.74, 6) is 0.170. The smallest absolute Gasteiger partial charge is 0.304 e. The summed E-state index contributed by atoms with van der Waals surface area (Å²) in [6, 6.07) is 4.08. The Morgan fingerprint density at radius 3 is 2.53 bits per heavy atom. The van der Waals surface area contributed by atoms with Crippen molar-refractivity contribution >= 4 is 5.97 Å². The number of benzene rings is 1. The fourth-order valence-corrected chi connectivity index (χ4v) is 2.05. The van der Waals surface area contributed by atoms with E-state index in [-0.39, 0.29) is 6.42 Å². The summed E-state index contributed by atoms with van der Waals surface area (Å²) in [6.07, 6.45) is 1.11. The molecule has 1 aromatic carbocycles. The fraction of sp³-hybridized carbons (Fsp3) is 0.533. The average molecular weight is 265 g/mol. The average Bonchev–Trinajstić information content (AvgIpc) is 2.38. The first-order chi connectivity index (χ1) is 8.95. The van der Waals surface area contributed by atoms with Gasteiger partial charge in [0.2, 0.25) is 0 Å². The number of likely N-dealkylation sites (N-methyl/N-ethyl adjacent to an activating group) is 1. The molecule has 0 amide bonds. The summed E-state index contributed by atoms with van der Waals surface area (Å²) in [6.45, 7) is 5.61. The second-order valence-electron chi connectivity index (χ2n) is 4.87. The standard InChI is InChI=1S/C15H23NO3/c1-11-12(2)14(19-4)6-5-13(11)7-9-16(3)10-8-15(17)18/h5-6H,7-10H2,1-4H3,(H,17,18). The molecule has 4 heteroatoms. The summed E-state index contributed by atoms with van der Waals surface area (Å²) in [7, 11) is 3.63. The molecule has 0 bridgehead atoms. The van der Waals surface area contributed by atoms with Crippen molar-refractivity contribution in [3.8, 4) is 5.75 Å². The zero-order valence-corrected chi connectivity index (χ0v) is 12.2. The van der Waals surface area contributed by atoms with E-state index in [9.17, 15) is 4.79 Å². The summed E-state index contributed by atoms with van der Waals surface area (Å²) < 4.78 is 5.30. The van der Waals surface area contributed by atoms with Crippen LogP contribution in [0.15, 0.2) is 12.1 Å². The third kappa shape index (κ3) is 4.56. The van der Waals surface area contributed by atoms with E-state index >= 15 is 0 Å². The highest BCUT2D eigenvalue weighted by atomic mass is 16.5. The molecule has 0 heterocycles. The van der Waals surface area contributed by atoms with Gasteiger partial charge in [-0.25, -0.2) is 0 Å². The number of hydrogen-bond donors (Lipinski definition) is 1. The molecular formula is C15H23NO3. The second kappa shape index (κ2) is 7.14. The summed E-state index contributed by atoms with van der Waals surface area (Å²) >= 11 is 0. The Morgan fingerprint density at radius 2 is 1.95 bits per heavy atom. The molecule has 4 nitrogen and oxygen atoms in total. The number of rotatable bonds is 7. The Kier molecular flexibility index (Phi) is 5.83. The lowest BCUT2D eigenvalue weighted by atomic mass is 10.00. The molecular weight excluding hydrogens is 242 g/mol. The lowest BCUT2D eigenvalue weighted by molar-refractivity contribution is -0.137.